The van der Waals surface area contributed by atoms with Crippen LogP contribution in [0.2, 0.25) is 0 Å². The Hall–Kier alpha value is -3.69. The summed E-state index contributed by atoms with van der Waals surface area (Å²) < 4.78 is 16.7. The number of rotatable bonds is 5. The lowest BCUT2D eigenvalue weighted by atomic mass is 9.80. The number of benzene rings is 2. The average Bonchev–Trinajstić information content (AvgIpc) is 2.84. The van der Waals surface area contributed by atoms with Gasteiger partial charge >= 0.3 is 0 Å². The first-order chi connectivity index (χ1) is 15.6. The second-order valence-corrected chi connectivity index (χ2v) is 7.80. The maximum Gasteiger partial charge on any atom is 0.205 e. The Balaban J connectivity index is 1.82. The van der Waals surface area contributed by atoms with Crippen LogP contribution in [0, 0.1) is 11.3 Å². The molecule has 0 aromatic heterocycles. The molecule has 2 N–H and O–H groups in total. The van der Waals surface area contributed by atoms with E-state index in [0.717, 1.165) is 52.6 Å². The fourth-order valence-electron chi connectivity index (χ4n) is 4.24. The van der Waals surface area contributed by atoms with Crippen LogP contribution in [-0.4, -0.2) is 38.8 Å². The van der Waals surface area contributed by atoms with Gasteiger partial charge in [0.25, 0.3) is 0 Å². The molecule has 0 spiro atoms. The molecule has 32 heavy (non-hydrogen) atoms. The van der Waals surface area contributed by atoms with Gasteiger partial charge in [0.1, 0.15) is 28.9 Å². The molecule has 2 aliphatic rings. The van der Waals surface area contributed by atoms with Gasteiger partial charge in [0, 0.05) is 18.7 Å². The molecule has 1 atom stereocenters. The monoisotopic (exact) mass is 429 g/mol. The van der Waals surface area contributed by atoms with E-state index >= 15 is 0 Å². The Morgan fingerprint density at radius 3 is 2.25 bits per heavy atom. The third-order valence-corrected chi connectivity index (χ3v) is 5.96. The quantitative estimate of drug-likeness (QED) is 0.768. The van der Waals surface area contributed by atoms with Crippen LogP contribution < -0.4 is 15.2 Å². The van der Waals surface area contributed by atoms with E-state index < -0.39 is 0 Å². The molecule has 0 fully saturated rings. The highest BCUT2D eigenvalue weighted by atomic mass is 16.5. The van der Waals surface area contributed by atoms with Crippen molar-refractivity contribution in [1.82, 2.24) is 4.90 Å². The summed E-state index contributed by atoms with van der Waals surface area (Å²) in [5.41, 5.74) is 10.8. The third-order valence-electron chi connectivity index (χ3n) is 5.96. The Morgan fingerprint density at radius 2 is 1.69 bits per heavy atom. The van der Waals surface area contributed by atoms with Crippen molar-refractivity contribution in [3.8, 4) is 17.6 Å². The number of hydrogen-bond donors (Lipinski definition) is 1. The predicted molar refractivity (Wildman–Crippen MR) is 124 cm³/mol. The van der Waals surface area contributed by atoms with Crippen molar-refractivity contribution < 1.29 is 14.2 Å². The smallest absolute Gasteiger partial charge is 0.205 e. The van der Waals surface area contributed by atoms with Crippen molar-refractivity contribution in [3.63, 3.8) is 0 Å². The van der Waals surface area contributed by atoms with Gasteiger partial charge in [-0.1, -0.05) is 31.2 Å². The van der Waals surface area contributed by atoms with Gasteiger partial charge in [0.2, 0.25) is 5.88 Å². The summed E-state index contributed by atoms with van der Waals surface area (Å²) in [6.45, 7) is 4.47. The molecule has 0 bridgehead atoms. The molecule has 2 aromatic carbocycles. The summed E-state index contributed by atoms with van der Waals surface area (Å²) in [4.78, 5) is 2.34. The van der Waals surface area contributed by atoms with Crippen LogP contribution in [0.25, 0.3) is 6.08 Å². The molecule has 2 aromatic rings. The largest absolute Gasteiger partial charge is 0.497 e. The molecule has 0 saturated heterocycles. The molecule has 2 heterocycles. The minimum atomic E-state index is -0.261. The summed E-state index contributed by atoms with van der Waals surface area (Å²) in [6, 6.07) is 18.0. The molecule has 0 amide bonds. The molecular weight excluding hydrogens is 402 g/mol. The van der Waals surface area contributed by atoms with Gasteiger partial charge in [-0.15, -0.1) is 0 Å². The summed E-state index contributed by atoms with van der Waals surface area (Å²) in [5, 5.41) is 9.90. The van der Waals surface area contributed by atoms with E-state index in [-0.39, 0.29) is 11.8 Å². The predicted octanol–water partition coefficient (Wildman–Crippen LogP) is 4.18. The van der Waals surface area contributed by atoms with Crippen LogP contribution >= 0.6 is 0 Å². The van der Waals surface area contributed by atoms with Crippen LogP contribution in [0.5, 0.6) is 11.5 Å². The number of nitrogens with zero attached hydrogens (tertiary/aromatic N) is 2. The van der Waals surface area contributed by atoms with Gasteiger partial charge in [-0.3, -0.25) is 4.90 Å². The lowest BCUT2D eigenvalue weighted by Gasteiger charge is -2.38. The number of methoxy groups -OCH3 is 2. The van der Waals surface area contributed by atoms with E-state index in [1.807, 2.05) is 48.5 Å². The fraction of sp³-hybridized carbons (Fsp3) is 0.269. The number of nitriles is 1. The van der Waals surface area contributed by atoms with Crippen molar-refractivity contribution >= 4 is 6.08 Å². The topological polar surface area (TPSA) is 80.7 Å². The van der Waals surface area contributed by atoms with Crippen molar-refractivity contribution in [2.24, 2.45) is 5.73 Å². The number of allylic oxidation sites excluding steroid dienone is 1. The Kier molecular flexibility index (Phi) is 6.20. The maximum absolute atomic E-state index is 9.90. The Morgan fingerprint density at radius 1 is 1.06 bits per heavy atom. The van der Waals surface area contributed by atoms with E-state index in [1.165, 1.54) is 0 Å². The zero-order chi connectivity index (χ0) is 22.7. The molecule has 0 aliphatic carbocycles. The van der Waals surface area contributed by atoms with Crippen molar-refractivity contribution in [1.29, 1.82) is 5.26 Å². The number of ether oxygens (including phenoxy) is 3. The molecule has 6 heteroatoms. The minimum absolute atomic E-state index is 0.164. The van der Waals surface area contributed by atoms with Gasteiger partial charge in [0.15, 0.2) is 0 Å². The molecule has 164 valence electrons. The fourth-order valence-corrected chi connectivity index (χ4v) is 4.24. The lowest BCUT2D eigenvalue weighted by Crippen LogP contribution is -2.38. The van der Waals surface area contributed by atoms with Crippen LogP contribution in [0.15, 0.2) is 76.9 Å². The first-order valence-corrected chi connectivity index (χ1v) is 10.6. The highest BCUT2D eigenvalue weighted by Gasteiger charge is 2.37. The highest BCUT2D eigenvalue weighted by Crippen LogP contribution is 2.44. The standard InChI is InChI=1S/C26H27N3O3/c1-4-29-15-19(13-17-5-9-20(30-2)10-6-17)25-23(16-29)24(22(14-27)26(28)32-25)18-7-11-21(31-3)12-8-18/h5-13,24H,4,15-16,28H2,1-3H3/b19-13+/t24-/m1/s1. The number of hydrogen-bond acceptors (Lipinski definition) is 6. The SMILES string of the molecule is CCN1CC2=C(OC(N)=C(C#N)[C@H]2c2ccc(OC)cc2)/C(=C/c2ccc(OC)cc2)C1. The van der Waals surface area contributed by atoms with E-state index in [2.05, 4.69) is 24.0 Å². The van der Waals surface area contributed by atoms with Crippen LogP contribution in [0.4, 0.5) is 0 Å². The Bertz CT molecular complexity index is 1120. The first-order valence-electron chi connectivity index (χ1n) is 10.6. The van der Waals surface area contributed by atoms with Gasteiger partial charge in [-0.05, 0) is 53.6 Å². The van der Waals surface area contributed by atoms with Crippen LogP contribution in [0.1, 0.15) is 24.0 Å². The molecule has 0 unspecified atom stereocenters. The molecule has 2 aliphatic heterocycles. The summed E-state index contributed by atoms with van der Waals surface area (Å²) in [5.74, 6) is 2.25. The third kappa shape index (κ3) is 4.08. The second kappa shape index (κ2) is 9.21. The zero-order valence-electron chi connectivity index (χ0n) is 18.6. The van der Waals surface area contributed by atoms with Gasteiger partial charge in [-0.25, -0.2) is 0 Å². The molecule has 0 radical (unpaired) electrons. The zero-order valence-corrected chi connectivity index (χ0v) is 18.6. The van der Waals surface area contributed by atoms with Crippen LogP contribution in [0.3, 0.4) is 0 Å². The first kappa shape index (κ1) is 21.5. The summed E-state index contributed by atoms with van der Waals surface area (Å²) >= 11 is 0. The molecular formula is C26H27N3O3. The van der Waals surface area contributed by atoms with E-state index in [9.17, 15) is 5.26 Å². The lowest BCUT2D eigenvalue weighted by molar-refractivity contribution is 0.239. The number of nitrogens with two attached hydrogens (primary N) is 1. The normalized spacial score (nSPS) is 19.9. The van der Waals surface area contributed by atoms with Crippen molar-refractivity contribution in [2.45, 2.75) is 12.8 Å². The molecule has 0 saturated carbocycles. The van der Waals surface area contributed by atoms with Gasteiger partial charge in [-0.2, -0.15) is 5.26 Å². The number of likely N-dealkylation sites (N-methyl/N-ethyl adjacent to an activating group) is 1. The van der Waals surface area contributed by atoms with Gasteiger partial charge < -0.3 is 19.9 Å². The van der Waals surface area contributed by atoms with Gasteiger partial charge in [0.05, 0.1) is 20.1 Å². The maximum atomic E-state index is 9.90. The van der Waals surface area contributed by atoms with E-state index in [0.29, 0.717) is 12.1 Å². The molecule has 6 nitrogen and oxygen atoms in total. The van der Waals surface area contributed by atoms with E-state index in [4.69, 9.17) is 19.9 Å². The molecule has 4 rings (SSSR count). The summed E-state index contributed by atoms with van der Waals surface area (Å²) in [7, 11) is 3.29. The average molecular weight is 430 g/mol. The van der Waals surface area contributed by atoms with E-state index in [1.54, 1.807) is 14.2 Å². The van der Waals surface area contributed by atoms with Crippen molar-refractivity contribution in [3.05, 3.63) is 88.0 Å². The second-order valence-electron chi connectivity index (χ2n) is 7.80. The Labute approximate surface area is 188 Å². The summed E-state index contributed by atoms with van der Waals surface area (Å²) in [6.07, 6.45) is 2.12. The highest BCUT2D eigenvalue weighted by molar-refractivity contribution is 5.63. The minimum Gasteiger partial charge on any atom is -0.497 e. The van der Waals surface area contributed by atoms with Crippen LogP contribution in [-0.2, 0) is 4.74 Å². The van der Waals surface area contributed by atoms with Crippen molar-refractivity contribution in [2.75, 3.05) is 33.9 Å².